The van der Waals surface area contributed by atoms with Crippen molar-refractivity contribution in [3.63, 3.8) is 0 Å². The molecule has 0 N–H and O–H groups in total. The number of morpholine rings is 1. The first-order valence-electron chi connectivity index (χ1n) is 6.44. The zero-order valence-corrected chi connectivity index (χ0v) is 11.9. The summed E-state index contributed by atoms with van der Waals surface area (Å²) in [6.07, 6.45) is 4.22. The summed E-state index contributed by atoms with van der Waals surface area (Å²) in [7, 11) is 0. The third kappa shape index (κ3) is 3.00. The first kappa shape index (κ1) is 14.1. The molecule has 2 unspecified atom stereocenters. The van der Waals surface area contributed by atoms with E-state index in [0.29, 0.717) is 6.04 Å². The molecule has 3 rings (SSSR count). The quantitative estimate of drug-likeness (QED) is 0.781. The number of halogens is 2. The lowest BCUT2D eigenvalue weighted by Crippen LogP contribution is -2.48. The van der Waals surface area contributed by atoms with Gasteiger partial charge in [-0.3, -0.25) is 4.90 Å². The zero-order chi connectivity index (χ0) is 11.7. The van der Waals surface area contributed by atoms with Crippen molar-refractivity contribution in [3.05, 3.63) is 34.9 Å². The van der Waals surface area contributed by atoms with E-state index in [2.05, 4.69) is 17.0 Å². The molecule has 0 aliphatic carbocycles. The van der Waals surface area contributed by atoms with Crippen molar-refractivity contribution in [3.8, 4) is 0 Å². The van der Waals surface area contributed by atoms with Crippen LogP contribution in [0.5, 0.6) is 0 Å². The molecule has 0 saturated carbocycles. The number of hydrogen-bond donors (Lipinski definition) is 0. The average molecular weight is 288 g/mol. The van der Waals surface area contributed by atoms with Crippen LogP contribution in [0.3, 0.4) is 0 Å². The maximum Gasteiger partial charge on any atom is 0.0952 e. The van der Waals surface area contributed by atoms with E-state index in [-0.39, 0.29) is 18.5 Å². The monoisotopic (exact) mass is 287 g/mol. The Morgan fingerprint density at radius 3 is 2.72 bits per heavy atom. The van der Waals surface area contributed by atoms with Crippen molar-refractivity contribution in [1.29, 1.82) is 0 Å². The second-order valence-corrected chi connectivity index (χ2v) is 5.45. The topological polar surface area (TPSA) is 12.5 Å². The average Bonchev–Trinajstić information content (AvgIpc) is 2.39. The summed E-state index contributed by atoms with van der Waals surface area (Å²) >= 11 is 5.91. The number of piperidine rings is 1. The minimum Gasteiger partial charge on any atom is -0.371 e. The summed E-state index contributed by atoms with van der Waals surface area (Å²) in [6.45, 7) is 3.15. The highest BCUT2D eigenvalue weighted by Gasteiger charge is 2.31. The summed E-state index contributed by atoms with van der Waals surface area (Å²) in [4.78, 5) is 2.59. The van der Waals surface area contributed by atoms with Gasteiger partial charge in [0.1, 0.15) is 0 Å². The van der Waals surface area contributed by atoms with Crippen LogP contribution in [-0.4, -0.2) is 30.6 Å². The molecule has 0 amide bonds. The molecule has 0 aromatic heterocycles. The van der Waals surface area contributed by atoms with Crippen molar-refractivity contribution in [1.82, 2.24) is 4.90 Å². The normalized spacial score (nSPS) is 28.3. The molecule has 2 heterocycles. The number of nitrogens with zero attached hydrogens (tertiary/aromatic N) is 1. The molecule has 2 aliphatic heterocycles. The van der Waals surface area contributed by atoms with Crippen LogP contribution < -0.4 is 0 Å². The Morgan fingerprint density at radius 2 is 1.94 bits per heavy atom. The maximum absolute atomic E-state index is 5.99. The van der Waals surface area contributed by atoms with Crippen LogP contribution in [0.25, 0.3) is 0 Å². The molecular weight excluding hydrogens is 269 g/mol. The van der Waals surface area contributed by atoms with Crippen molar-refractivity contribution in [2.45, 2.75) is 31.4 Å². The fourth-order valence-electron chi connectivity index (χ4n) is 2.86. The summed E-state index contributed by atoms with van der Waals surface area (Å²) in [5.41, 5.74) is 1.25. The lowest BCUT2D eigenvalue weighted by Gasteiger charge is -2.42. The van der Waals surface area contributed by atoms with Gasteiger partial charge >= 0.3 is 0 Å². The Kier molecular flexibility index (Phi) is 4.91. The zero-order valence-electron chi connectivity index (χ0n) is 10.3. The highest BCUT2D eigenvalue weighted by molar-refractivity contribution is 6.30. The van der Waals surface area contributed by atoms with Gasteiger partial charge in [0, 0.05) is 17.6 Å². The lowest BCUT2D eigenvalue weighted by molar-refractivity contribution is -0.0766. The van der Waals surface area contributed by atoms with E-state index in [4.69, 9.17) is 16.3 Å². The SMILES string of the molecule is Cl.Clc1ccc(C2CN3CCCCC3CO2)cc1. The largest absolute Gasteiger partial charge is 0.371 e. The van der Waals surface area contributed by atoms with Gasteiger partial charge in [-0.1, -0.05) is 30.2 Å². The molecule has 100 valence electrons. The lowest BCUT2D eigenvalue weighted by atomic mass is 9.98. The van der Waals surface area contributed by atoms with Crippen LogP contribution in [0, 0.1) is 0 Å². The Labute approximate surface area is 120 Å². The van der Waals surface area contributed by atoms with E-state index in [0.717, 1.165) is 18.2 Å². The Hall–Kier alpha value is -0.280. The number of rotatable bonds is 1. The third-order valence-corrected chi connectivity index (χ3v) is 4.13. The van der Waals surface area contributed by atoms with Gasteiger partial charge in [-0.2, -0.15) is 0 Å². The third-order valence-electron chi connectivity index (χ3n) is 3.88. The molecule has 2 atom stereocenters. The van der Waals surface area contributed by atoms with Crippen LogP contribution in [0.15, 0.2) is 24.3 Å². The molecule has 2 aliphatic rings. The fourth-order valence-corrected chi connectivity index (χ4v) is 2.99. The van der Waals surface area contributed by atoms with Crippen molar-refractivity contribution >= 4 is 24.0 Å². The molecule has 2 fully saturated rings. The highest BCUT2D eigenvalue weighted by atomic mass is 35.5. The number of fused-ring (bicyclic) bond motifs is 1. The number of hydrogen-bond acceptors (Lipinski definition) is 2. The van der Waals surface area contributed by atoms with Gasteiger partial charge < -0.3 is 4.74 Å². The van der Waals surface area contributed by atoms with Gasteiger partial charge in [0.25, 0.3) is 0 Å². The van der Waals surface area contributed by atoms with Gasteiger partial charge in [0.15, 0.2) is 0 Å². The molecule has 1 aromatic carbocycles. The van der Waals surface area contributed by atoms with E-state index in [1.165, 1.54) is 31.4 Å². The molecule has 2 saturated heterocycles. The van der Waals surface area contributed by atoms with Gasteiger partial charge in [0.2, 0.25) is 0 Å². The first-order chi connectivity index (χ1) is 8.33. The second-order valence-electron chi connectivity index (χ2n) is 5.02. The summed E-state index contributed by atoms with van der Waals surface area (Å²) in [5, 5.41) is 0.792. The van der Waals surface area contributed by atoms with Crippen LogP contribution in [0.2, 0.25) is 5.02 Å². The molecule has 2 nitrogen and oxygen atoms in total. The minimum atomic E-state index is 0. The predicted molar refractivity (Wildman–Crippen MR) is 76.6 cm³/mol. The van der Waals surface area contributed by atoms with Crippen molar-refractivity contribution in [2.75, 3.05) is 19.7 Å². The van der Waals surface area contributed by atoms with Crippen LogP contribution >= 0.6 is 24.0 Å². The maximum atomic E-state index is 5.99. The molecular formula is C14H19Cl2NO. The minimum absolute atomic E-state index is 0. The van der Waals surface area contributed by atoms with E-state index >= 15 is 0 Å². The predicted octanol–water partition coefficient (Wildman–Crippen LogP) is 3.69. The molecule has 18 heavy (non-hydrogen) atoms. The van der Waals surface area contributed by atoms with Gasteiger partial charge in [-0.25, -0.2) is 0 Å². The Morgan fingerprint density at radius 1 is 1.17 bits per heavy atom. The smallest absolute Gasteiger partial charge is 0.0952 e. The molecule has 0 spiro atoms. The number of benzene rings is 1. The van der Waals surface area contributed by atoms with Crippen molar-refractivity contribution in [2.24, 2.45) is 0 Å². The Bertz CT molecular complexity index is 382. The van der Waals surface area contributed by atoms with Crippen LogP contribution in [-0.2, 0) is 4.74 Å². The standard InChI is InChI=1S/C14H18ClNO.ClH/c15-12-6-4-11(5-7-12)14-9-16-8-2-1-3-13(16)10-17-14;/h4-7,13-14H,1-3,8-10H2;1H. The summed E-state index contributed by atoms with van der Waals surface area (Å²) in [6, 6.07) is 8.71. The van der Waals surface area contributed by atoms with Crippen LogP contribution in [0.1, 0.15) is 30.9 Å². The highest BCUT2D eigenvalue weighted by Crippen LogP contribution is 2.29. The second kappa shape index (κ2) is 6.25. The Balaban J connectivity index is 0.00000120. The summed E-state index contributed by atoms with van der Waals surface area (Å²) < 4.78 is 5.99. The van der Waals surface area contributed by atoms with Crippen LogP contribution in [0.4, 0.5) is 0 Å². The molecule has 0 bridgehead atoms. The molecule has 0 radical (unpaired) electrons. The van der Waals surface area contributed by atoms with Gasteiger partial charge in [0.05, 0.1) is 12.7 Å². The fraction of sp³-hybridized carbons (Fsp3) is 0.571. The van der Waals surface area contributed by atoms with Gasteiger partial charge in [-0.15, -0.1) is 12.4 Å². The van der Waals surface area contributed by atoms with Gasteiger partial charge in [-0.05, 0) is 37.1 Å². The molecule has 4 heteroatoms. The molecule has 1 aromatic rings. The van der Waals surface area contributed by atoms with E-state index < -0.39 is 0 Å². The first-order valence-corrected chi connectivity index (χ1v) is 6.82. The van der Waals surface area contributed by atoms with E-state index in [1.807, 2.05) is 12.1 Å². The van der Waals surface area contributed by atoms with E-state index in [9.17, 15) is 0 Å². The van der Waals surface area contributed by atoms with Crippen molar-refractivity contribution < 1.29 is 4.74 Å². The summed E-state index contributed by atoms with van der Waals surface area (Å²) in [5.74, 6) is 0. The van der Waals surface area contributed by atoms with E-state index in [1.54, 1.807) is 0 Å². The number of ether oxygens (including phenoxy) is 1.